The van der Waals surface area contributed by atoms with E-state index in [2.05, 4.69) is 29.4 Å². The maximum Gasteiger partial charge on any atom is 0.194 e. The first-order valence-electron chi connectivity index (χ1n) is 5.03. The Bertz CT molecular complexity index is 468. The van der Waals surface area contributed by atoms with Crippen LogP contribution >= 0.6 is 22.9 Å². The highest BCUT2D eigenvalue weighted by Gasteiger charge is 2.14. The molecule has 0 aliphatic carbocycles. The lowest BCUT2D eigenvalue weighted by molar-refractivity contribution is 0.581. The average molecular weight is 258 g/mol. The summed E-state index contributed by atoms with van der Waals surface area (Å²) in [4.78, 5) is 0. The van der Waals surface area contributed by atoms with Crippen LogP contribution in [-0.4, -0.2) is 16.7 Å². The summed E-state index contributed by atoms with van der Waals surface area (Å²) in [6.45, 7) is 5.02. The molecule has 6 heteroatoms. The minimum Gasteiger partial charge on any atom is -0.442 e. The Hall–Kier alpha value is -0.910. The molecule has 0 saturated heterocycles. The van der Waals surface area contributed by atoms with Crippen molar-refractivity contribution in [2.24, 2.45) is 0 Å². The molecule has 0 amide bonds. The first kappa shape index (κ1) is 11.6. The summed E-state index contributed by atoms with van der Waals surface area (Å²) in [5.74, 6) is 0.664. The number of halogens is 1. The van der Waals surface area contributed by atoms with Crippen LogP contribution in [0.2, 0.25) is 5.22 Å². The summed E-state index contributed by atoms with van der Waals surface area (Å²) in [5.41, 5.74) is 0. The Morgan fingerprint density at radius 1 is 1.50 bits per heavy atom. The molecule has 2 aromatic heterocycles. The van der Waals surface area contributed by atoms with Crippen LogP contribution in [0.1, 0.15) is 24.9 Å². The Kier molecular flexibility index (Phi) is 3.58. The highest BCUT2D eigenvalue weighted by atomic mass is 35.5. The zero-order chi connectivity index (χ0) is 11.5. The first-order valence-corrected chi connectivity index (χ1v) is 6.22. The van der Waals surface area contributed by atoms with Crippen LogP contribution in [0.15, 0.2) is 16.5 Å². The van der Waals surface area contributed by atoms with Crippen LogP contribution < -0.4 is 5.32 Å². The highest BCUT2D eigenvalue weighted by Crippen LogP contribution is 2.29. The molecular weight excluding hydrogens is 246 g/mol. The van der Waals surface area contributed by atoms with Gasteiger partial charge in [-0.3, -0.25) is 0 Å². The van der Waals surface area contributed by atoms with Gasteiger partial charge >= 0.3 is 0 Å². The molecule has 0 spiro atoms. The SMILES string of the molecule is CCNC(C)c1nnc(-c2ccc(Cl)o2)s1. The quantitative estimate of drug-likeness (QED) is 0.914. The second-order valence-electron chi connectivity index (χ2n) is 3.33. The van der Waals surface area contributed by atoms with Crippen molar-refractivity contribution in [2.45, 2.75) is 19.9 Å². The number of nitrogens with one attached hydrogen (secondary N) is 1. The molecule has 0 aliphatic heterocycles. The number of furan rings is 1. The van der Waals surface area contributed by atoms with E-state index in [4.69, 9.17) is 16.0 Å². The fraction of sp³-hybridized carbons (Fsp3) is 0.400. The molecule has 86 valence electrons. The van der Waals surface area contributed by atoms with Crippen molar-refractivity contribution in [3.63, 3.8) is 0 Å². The molecule has 2 rings (SSSR count). The smallest absolute Gasteiger partial charge is 0.194 e. The van der Waals surface area contributed by atoms with Gasteiger partial charge in [0.25, 0.3) is 0 Å². The van der Waals surface area contributed by atoms with Gasteiger partial charge in [0.15, 0.2) is 16.0 Å². The molecule has 2 heterocycles. The lowest BCUT2D eigenvalue weighted by atomic mass is 10.3. The van der Waals surface area contributed by atoms with Crippen LogP contribution in [0.3, 0.4) is 0 Å². The van der Waals surface area contributed by atoms with Gasteiger partial charge in [0.05, 0.1) is 6.04 Å². The topological polar surface area (TPSA) is 51.0 Å². The van der Waals surface area contributed by atoms with Crippen molar-refractivity contribution < 1.29 is 4.42 Å². The summed E-state index contributed by atoms with van der Waals surface area (Å²) in [7, 11) is 0. The Labute approximate surface area is 103 Å². The number of hydrogen-bond acceptors (Lipinski definition) is 5. The van der Waals surface area contributed by atoms with E-state index in [0.717, 1.165) is 16.6 Å². The van der Waals surface area contributed by atoms with Crippen molar-refractivity contribution in [3.05, 3.63) is 22.4 Å². The van der Waals surface area contributed by atoms with Gasteiger partial charge in [-0.2, -0.15) is 0 Å². The van der Waals surface area contributed by atoms with E-state index in [1.54, 1.807) is 12.1 Å². The molecule has 2 aromatic rings. The molecule has 0 radical (unpaired) electrons. The van der Waals surface area contributed by atoms with Gasteiger partial charge in [0.2, 0.25) is 0 Å². The van der Waals surface area contributed by atoms with Gasteiger partial charge in [-0.1, -0.05) is 18.3 Å². The van der Waals surface area contributed by atoms with Gasteiger partial charge in [0, 0.05) is 0 Å². The second-order valence-corrected chi connectivity index (χ2v) is 4.71. The van der Waals surface area contributed by atoms with Gasteiger partial charge in [0.1, 0.15) is 5.01 Å². The van der Waals surface area contributed by atoms with Crippen molar-refractivity contribution in [3.8, 4) is 10.8 Å². The van der Waals surface area contributed by atoms with Gasteiger partial charge in [-0.05, 0) is 37.2 Å². The minimum atomic E-state index is 0.210. The molecular formula is C10H12ClN3OS. The monoisotopic (exact) mass is 257 g/mol. The third-order valence-electron chi connectivity index (χ3n) is 2.11. The van der Waals surface area contributed by atoms with E-state index < -0.39 is 0 Å². The molecule has 0 saturated carbocycles. The third-order valence-corrected chi connectivity index (χ3v) is 3.43. The number of nitrogens with zero attached hydrogens (tertiary/aromatic N) is 2. The van der Waals surface area contributed by atoms with E-state index in [1.165, 1.54) is 11.3 Å². The van der Waals surface area contributed by atoms with Gasteiger partial charge in [-0.25, -0.2) is 0 Å². The van der Waals surface area contributed by atoms with E-state index >= 15 is 0 Å². The number of aromatic nitrogens is 2. The first-order chi connectivity index (χ1) is 7.70. The predicted octanol–water partition coefficient (Wildman–Crippen LogP) is 3.12. The van der Waals surface area contributed by atoms with E-state index in [0.29, 0.717) is 11.0 Å². The standard InChI is InChI=1S/C10H12ClN3OS/c1-3-12-6(2)9-13-14-10(16-9)7-4-5-8(11)15-7/h4-6,12H,3H2,1-2H3. The summed E-state index contributed by atoms with van der Waals surface area (Å²) >= 11 is 7.22. The van der Waals surface area contributed by atoms with Crippen LogP contribution in [0.4, 0.5) is 0 Å². The van der Waals surface area contributed by atoms with Crippen LogP contribution in [0, 0.1) is 0 Å². The van der Waals surface area contributed by atoms with Crippen molar-refractivity contribution in [1.29, 1.82) is 0 Å². The maximum absolute atomic E-state index is 5.71. The summed E-state index contributed by atoms with van der Waals surface area (Å²) in [5, 5.41) is 13.6. The van der Waals surface area contributed by atoms with Crippen LogP contribution in [0.25, 0.3) is 10.8 Å². The molecule has 0 aromatic carbocycles. The van der Waals surface area contributed by atoms with Gasteiger partial charge in [-0.15, -0.1) is 10.2 Å². The Morgan fingerprint density at radius 2 is 2.31 bits per heavy atom. The largest absolute Gasteiger partial charge is 0.442 e. The van der Waals surface area contributed by atoms with Gasteiger partial charge < -0.3 is 9.73 Å². The lowest BCUT2D eigenvalue weighted by Gasteiger charge is -2.06. The molecule has 0 bridgehead atoms. The molecule has 1 atom stereocenters. The number of rotatable bonds is 4. The summed E-state index contributed by atoms with van der Waals surface area (Å²) in [6.07, 6.45) is 0. The van der Waals surface area contributed by atoms with Crippen molar-refractivity contribution in [2.75, 3.05) is 6.54 Å². The molecule has 4 nitrogen and oxygen atoms in total. The zero-order valence-corrected chi connectivity index (χ0v) is 10.6. The normalized spacial score (nSPS) is 12.9. The van der Waals surface area contributed by atoms with Crippen molar-refractivity contribution in [1.82, 2.24) is 15.5 Å². The fourth-order valence-corrected chi connectivity index (χ4v) is 2.31. The number of hydrogen-bond donors (Lipinski definition) is 1. The molecule has 16 heavy (non-hydrogen) atoms. The van der Waals surface area contributed by atoms with E-state index in [1.807, 2.05) is 0 Å². The van der Waals surface area contributed by atoms with Crippen LogP contribution in [0.5, 0.6) is 0 Å². The third kappa shape index (κ3) is 2.42. The fourth-order valence-electron chi connectivity index (χ4n) is 1.33. The lowest BCUT2D eigenvalue weighted by Crippen LogP contribution is -2.17. The molecule has 1 N–H and O–H groups in total. The maximum atomic E-state index is 5.71. The van der Waals surface area contributed by atoms with Crippen LogP contribution in [-0.2, 0) is 0 Å². The Balaban J connectivity index is 2.19. The highest BCUT2D eigenvalue weighted by molar-refractivity contribution is 7.14. The zero-order valence-electron chi connectivity index (χ0n) is 9.03. The predicted molar refractivity (Wildman–Crippen MR) is 64.7 cm³/mol. The molecule has 0 aliphatic rings. The second kappa shape index (κ2) is 4.95. The molecule has 0 fully saturated rings. The van der Waals surface area contributed by atoms with E-state index in [9.17, 15) is 0 Å². The van der Waals surface area contributed by atoms with E-state index in [-0.39, 0.29) is 6.04 Å². The average Bonchev–Trinajstić information content (AvgIpc) is 2.85. The summed E-state index contributed by atoms with van der Waals surface area (Å²) in [6, 6.07) is 3.71. The van der Waals surface area contributed by atoms with Crippen molar-refractivity contribution >= 4 is 22.9 Å². The molecule has 1 unspecified atom stereocenters. The Morgan fingerprint density at radius 3 is 2.94 bits per heavy atom. The summed E-state index contributed by atoms with van der Waals surface area (Å²) < 4.78 is 5.28. The minimum absolute atomic E-state index is 0.210.